The second-order valence-corrected chi connectivity index (χ2v) is 6.99. The van der Waals surface area contributed by atoms with Crippen LogP contribution < -0.4 is 0 Å². The third kappa shape index (κ3) is 3.28. The van der Waals surface area contributed by atoms with Gasteiger partial charge in [-0.25, -0.2) is 4.79 Å². The number of cyclic esters (lactones) is 1. The molecule has 0 aliphatic carbocycles. The van der Waals surface area contributed by atoms with Crippen molar-refractivity contribution in [1.82, 2.24) is 9.78 Å². The molecule has 2 atom stereocenters. The number of hydrogen-bond acceptors (Lipinski definition) is 6. The normalized spacial score (nSPS) is 22.6. The maximum atomic E-state index is 12.3. The van der Waals surface area contributed by atoms with Gasteiger partial charge in [0.25, 0.3) is 0 Å². The molecule has 25 heavy (non-hydrogen) atoms. The molecule has 1 aromatic heterocycles. The van der Waals surface area contributed by atoms with Crippen LogP contribution in [-0.4, -0.2) is 32.7 Å². The quantitative estimate of drug-likeness (QED) is 0.652. The first-order valence-corrected chi connectivity index (χ1v) is 8.97. The number of carbonyl (C=O) groups is 1. The molecular weight excluding hydrogens is 338 g/mol. The van der Waals surface area contributed by atoms with Crippen molar-refractivity contribution in [1.29, 1.82) is 5.26 Å². The Hall–Kier alpha value is -2.30. The van der Waals surface area contributed by atoms with E-state index >= 15 is 0 Å². The number of esters is 1. The van der Waals surface area contributed by atoms with Crippen LogP contribution in [0.3, 0.4) is 0 Å². The average Bonchev–Trinajstić information content (AvgIpc) is 3.03. The molecule has 1 aliphatic rings. The number of aliphatic hydroxyl groups is 1. The van der Waals surface area contributed by atoms with Gasteiger partial charge in [-0.2, -0.15) is 10.4 Å². The number of hydrogen-bond donors (Lipinski definition) is 1. The molecule has 1 aromatic carbocycles. The van der Waals surface area contributed by atoms with Crippen LogP contribution in [0, 0.1) is 24.5 Å². The second kappa shape index (κ2) is 6.90. The Morgan fingerprint density at radius 3 is 2.84 bits per heavy atom. The molecule has 7 heteroatoms. The summed E-state index contributed by atoms with van der Waals surface area (Å²) in [5.74, 6) is -0.317. The summed E-state index contributed by atoms with van der Waals surface area (Å²) in [6, 6.07) is 9.88. The second-order valence-electron chi connectivity index (χ2n) is 6.18. The number of ether oxygens (including phenoxy) is 1. The number of thioether (sulfide) groups is 1. The fourth-order valence-electron chi connectivity index (χ4n) is 3.34. The van der Waals surface area contributed by atoms with Crippen molar-refractivity contribution in [3.63, 3.8) is 0 Å². The lowest BCUT2D eigenvalue weighted by atomic mass is 9.89. The minimum Gasteiger partial charge on any atom is -0.459 e. The molecule has 130 valence electrons. The zero-order valence-electron chi connectivity index (χ0n) is 14.1. The standard InChI is InChI=1S/C18H19N3O3S/c1-12-16(18(23)8-15(10-25-11-19)24-17(18)22)13(2)21(20-12)9-14-6-4-3-5-7-14/h3-7,15,23H,8-10H2,1-2H3. The Morgan fingerprint density at radius 1 is 1.44 bits per heavy atom. The Balaban J connectivity index is 1.90. The van der Waals surface area contributed by atoms with E-state index in [4.69, 9.17) is 10.00 Å². The van der Waals surface area contributed by atoms with Crippen molar-refractivity contribution < 1.29 is 14.6 Å². The van der Waals surface area contributed by atoms with Crippen LogP contribution in [-0.2, 0) is 21.7 Å². The van der Waals surface area contributed by atoms with E-state index in [2.05, 4.69) is 5.10 Å². The summed E-state index contributed by atoms with van der Waals surface area (Å²) in [7, 11) is 0. The lowest BCUT2D eigenvalue weighted by Gasteiger charge is -2.18. The highest BCUT2D eigenvalue weighted by molar-refractivity contribution is 8.03. The maximum absolute atomic E-state index is 12.3. The first-order valence-electron chi connectivity index (χ1n) is 7.98. The molecule has 2 aromatic rings. The maximum Gasteiger partial charge on any atom is 0.343 e. The van der Waals surface area contributed by atoms with Gasteiger partial charge in [0.15, 0.2) is 5.60 Å². The van der Waals surface area contributed by atoms with E-state index in [-0.39, 0.29) is 6.42 Å². The largest absolute Gasteiger partial charge is 0.459 e. The van der Waals surface area contributed by atoms with Gasteiger partial charge in [-0.05, 0) is 31.2 Å². The molecule has 1 saturated heterocycles. The molecule has 1 N–H and O–H groups in total. The van der Waals surface area contributed by atoms with Gasteiger partial charge < -0.3 is 9.84 Å². The van der Waals surface area contributed by atoms with Gasteiger partial charge in [0.1, 0.15) is 11.5 Å². The Morgan fingerprint density at radius 2 is 2.16 bits per heavy atom. The highest BCUT2D eigenvalue weighted by Gasteiger charge is 2.51. The number of benzene rings is 1. The molecule has 1 aliphatic heterocycles. The first-order chi connectivity index (χ1) is 12.0. The van der Waals surface area contributed by atoms with E-state index in [1.54, 1.807) is 11.6 Å². The van der Waals surface area contributed by atoms with E-state index in [9.17, 15) is 9.90 Å². The van der Waals surface area contributed by atoms with E-state index in [1.165, 1.54) is 0 Å². The Kier molecular flexibility index (Phi) is 4.84. The van der Waals surface area contributed by atoms with Gasteiger partial charge in [-0.3, -0.25) is 4.68 Å². The SMILES string of the molecule is Cc1nn(Cc2ccccc2)c(C)c1C1(O)CC(CSC#N)OC1=O. The van der Waals surface area contributed by atoms with Crippen molar-refractivity contribution in [3.05, 3.63) is 52.8 Å². The van der Waals surface area contributed by atoms with Gasteiger partial charge >= 0.3 is 5.97 Å². The molecule has 6 nitrogen and oxygen atoms in total. The number of thiocyanates is 1. The summed E-state index contributed by atoms with van der Waals surface area (Å²) in [6.07, 6.45) is -0.336. The number of aromatic nitrogens is 2. The van der Waals surface area contributed by atoms with Gasteiger partial charge in [-0.15, -0.1) is 0 Å². The van der Waals surface area contributed by atoms with Crippen LogP contribution in [0.2, 0.25) is 0 Å². The fourth-order valence-corrected chi connectivity index (χ4v) is 3.78. The zero-order valence-corrected chi connectivity index (χ0v) is 14.9. The average molecular weight is 357 g/mol. The topological polar surface area (TPSA) is 88.1 Å². The third-order valence-corrected chi connectivity index (χ3v) is 5.11. The Bertz CT molecular complexity index is 828. The first kappa shape index (κ1) is 17.5. The summed E-state index contributed by atoms with van der Waals surface area (Å²) in [5.41, 5.74) is 1.25. The van der Waals surface area contributed by atoms with Crippen molar-refractivity contribution in [2.45, 2.75) is 38.5 Å². The van der Waals surface area contributed by atoms with Gasteiger partial charge in [0, 0.05) is 23.4 Å². The molecule has 0 bridgehead atoms. The molecule has 2 heterocycles. The summed E-state index contributed by atoms with van der Waals surface area (Å²) < 4.78 is 7.07. The summed E-state index contributed by atoms with van der Waals surface area (Å²) in [6.45, 7) is 4.19. The lowest BCUT2D eigenvalue weighted by molar-refractivity contribution is -0.155. The van der Waals surface area contributed by atoms with E-state index in [0.717, 1.165) is 23.0 Å². The zero-order chi connectivity index (χ0) is 18.0. The molecule has 2 unspecified atom stereocenters. The van der Waals surface area contributed by atoms with Crippen LogP contribution in [0.25, 0.3) is 0 Å². The molecule has 1 fully saturated rings. The van der Waals surface area contributed by atoms with Crippen molar-refractivity contribution in [3.8, 4) is 5.40 Å². The van der Waals surface area contributed by atoms with Gasteiger partial charge in [-0.1, -0.05) is 30.3 Å². The third-order valence-electron chi connectivity index (χ3n) is 4.44. The number of nitrogens with zero attached hydrogens (tertiary/aromatic N) is 3. The van der Waals surface area contributed by atoms with Gasteiger partial charge in [0.05, 0.1) is 12.2 Å². The number of aryl methyl sites for hydroxylation is 1. The number of nitriles is 1. The molecule has 3 rings (SSSR count). The van der Waals surface area contributed by atoms with E-state index in [0.29, 0.717) is 23.6 Å². The highest BCUT2D eigenvalue weighted by atomic mass is 32.2. The van der Waals surface area contributed by atoms with Gasteiger partial charge in [0.2, 0.25) is 0 Å². The summed E-state index contributed by atoms with van der Waals surface area (Å²) in [4.78, 5) is 12.3. The minimum atomic E-state index is -1.70. The molecular formula is C18H19N3O3S. The van der Waals surface area contributed by atoms with Crippen LogP contribution in [0.4, 0.5) is 0 Å². The number of rotatable bonds is 5. The van der Waals surface area contributed by atoms with E-state index in [1.807, 2.05) is 42.7 Å². The van der Waals surface area contributed by atoms with Crippen molar-refractivity contribution >= 4 is 17.7 Å². The van der Waals surface area contributed by atoms with E-state index < -0.39 is 17.7 Å². The minimum absolute atomic E-state index is 0.138. The molecule has 0 spiro atoms. The van der Waals surface area contributed by atoms with Crippen LogP contribution in [0.1, 0.15) is 28.9 Å². The van der Waals surface area contributed by atoms with Crippen molar-refractivity contribution in [2.75, 3.05) is 5.75 Å². The Labute approximate surface area is 150 Å². The summed E-state index contributed by atoms with van der Waals surface area (Å²) in [5, 5.41) is 26.2. The smallest absolute Gasteiger partial charge is 0.343 e. The monoisotopic (exact) mass is 357 g/mol. The van der Waals surface area contributed by atoms with Crippen LogP contribution in [0.15, 0.2) is 30.3 Å². The van der Waals surface area contributed by atoms with Crippen LogP contribution in [0.5, 0.6) is 0 Å². The fraction of sp³-hybridized carbons (Fsp3) is 0.389. The molecule has 0 radical (unpaired) electrons. The summed E-state index contributed by atoms with van der Waals surface area (Å²) >= 11 is 1.02. The molecule has 0 saturated carbocycles. The lowest BCUT2D eigenvalue weighted by Crippen LogP contribution is -2.32. The van der Waals surface area contributed by atoms with Crippen LogP contribution >= 0.6 is 11.8 Å². The number of carbonyl (C=O) groups excluding carboxylic acids is 1. The molecule has 0 amide bonds. The predicted octanol–water partition coefficient (Wildman–Crippen LogP) is 2.27. The predicted molar refractivity (Wildman–Crippen MR) is 93.7 cm³/mol. The van der Waals surface area contributed by atoms with Crippen molar-refractivity contribution in [2.24, 2.45) is 0 Å². The highest BCUT2D eigenvalue weighted by Crippen LogP contribution is 2.39.